The third-order valence-corrected chi connectivity index (χ3v) is 5.83. The van der Waals surface area contributed by atoms with Crippen LogP contribution in [0.5, 0.6) is 0 Å². The highest BCUT2D eigenvalue weighted by Crippen LogP contribution is 2.56. The molecule has 2 aromatic rings. The molecule has 1 saturated carbocycles. The minimum absolute atomic E-state index is 0.0625. The number of ether oxygens (including phenoxy) is 1. The van der Waals surface area contributed by atoms with Crippen molar-refractivity contribution in [2.24, 2.45) is 16.6 Å². The van der Waals surface area contributed by atoms with E-state index in [0.717, 1.165) is 0 Å². The van der Waals surface area contributed by atoms with E-state index < -0.39 is 24.0 Å². The molecule has 1 fully saturated rings. The molecule has 2 heterocycles. The maximum atomic E-state index is 14.3. The number of nitrogens with zero attached hydrogens (tertiary/aromatic N) is 3. The van der Waals surface area contributed by atoms with E-state index in [2.05, 4.69) is 9.98 Å². The number of alkyl halides is 2. The Kier molecular flexibility index (Phi) is 4.94. The number of aryl methyl sites for hydroxylation is 1. The second kappa shape index (κ2) is 7.33. The van der Waals surface area contributed by atoms with Crippen molar-refractivity contribution in [3.63, 3.8) is 0 Å². The van der Waals surface area contributed by atoms with Crippen LogP contribution in [0.2, 0.25) is 5.02 Å². The number of nitriles is 1. The molecule has 0 amide bonds. The predicted molar refractivity (Wildman–Crippen MR) is 105 cm³/mol. The second-order valence-electron chi connectivity index (χ2n) is 7.49. The number of aromatic nitrogens is 1. The summed E-state index contributed by atoms with van der Waals surface area (Å²) in [4.78, 5) is 20.8. The summed E-state index contributed by atoms with van der Waals surface area (Å²) in [7, 11) is 0. The quantitative estimate of drug-likeness (QED) is 0.731. The molecule has 9 heteroatoms. The van der Waals surface area contributed by atoms with Gasteiger partial charge >= 0.3 is 0 Å². The van der Waals surface area contributed by atoms with Crippen molar-refractivity contribution in [1.29, 1.82) is 5.26 Å². The zero-order valence-electron chi connectivity index (χ0n) is 15.9. The fourth-order valence-corrected chi connectivity index (χ4v) is 4.26. The zero-order chi connectivity index (χ0) is 21.6. The molecule has 0 radical (unpaired) electrons. The first-order chi connectivity index (χ1) is 14.3. The number of halogens is 3. The number of pyridine rings is 1. The number of rotatable bonds is 5. The van der Waals surface area contributed by atoms with E-state index in [0.29, 0.717) is 23.1 Å². The Labute approximate surface area is 176 Å². The Bertz CT molecular complexity index is 1110. The van der Waals surface area contributed by atoms with Gasteiger partial charge in [-0.25, -0.2) is 13.8 Å². The van der Waals surface area contributed by atoms with Gasteiger partial charge in [0.1, 0.15) is 17.9 Å². The van der Waals surface area contributed by atoms with Gasteiger partial charge in [0.2, 0.25) is 0 Å². The molecule has 3 atom stereocenters. The van der Waals surface area contributed by atoms with Crippen LogP contribution < -0.4 is 5.73 Å². The SMILES string of the molecule is Cc1cc(C#N)cnc1C(=O)Cc1ccc(Cl)c([C@@]2(C(F)F)N=C(N)O[C@@H]3C[C@@H]32)c1. The van der Waals surface area contributed by atoms with Gasteiger partial charge in [-0.15, -0.1) is 0 Å². The van der Waals surface area contributed by atoms with E-state index in [9.17, 15) is 13.6 Å². The molecule has 0 saturated heterocycles. The lowest BCUT2D eigenvalue weighted by Gasteiger charge is -2.33. The number of hydrogen-bond donors (Lipinski definition) is 1. The van der Waals surface area contributed by atoms with Gasteiger partial charge in [-0.05, 0) is 36.6 Å². The first-order valence-electron chi connectivity index (χ1n) is 9.25. The third kappa shape index (κ3) is 3.29. The molecule has 0 bridgehead atoms. The third-order valence-electron chi connectivity index (χ3n) is 5.50. The number of nitrogens with two attached hydrogens (primary N) is 1. The zero-order valence-corrected chi connectivity index (χ0v) is 16.7. The Balaban J connectivity index is 1.70. The maximum Gasteiger partial charge on any atom is 0.283 e. The molecule has 4 rings (SSSR count). The lowest BCUT2D eigenvalue weighted by Crippen LogP contribution is -2.43. The number of benzene rings is 1. The van der Waals surface area contributed by atoms with Crippen molar-refractivity contribution in [2.45, 2.75) is 37.8 Å². The standard InChI is InChI=1S/C21H17ClF2N4O2/c1-10-4-12(8-25)9-27-18(10)16(29)6-11-2-3-15(22)13(5-11)21(19(23)24)14-7-17(14)30-20(26)28-21/h2-5,9,14,17,19H,6-7H2,1H3,(H2,26,28)/t14-,17+,21+/m0/s1. The van der Waals surface area contributed by atoms with Crippen LogP contribution in [-0.4, -0.2) is 29.3 Å². The molecule has 2 N–H and O–H groups in total. The highest BCUT2D eigenvalue weighted by Gasteiger charge is 2.64. The first kappa shape index (κ1) is 20.2. The fourth-order valence-electron chi connectivity index (χ4n) is 3.99. The Hall–Kier alpha value is -3.05. The summed E-state index contributed by atoms with van der Waals surface area (Å²) < 4.78 is 33.9. The smallest absolute Gasteiger partial charge is 0.283 e. The number of carbonyl (C=O) groups excluding carboxylic acids is 1. The lowest BCUT2D eigenvalue weighted by molar-refractivity contribution is 0.0196. The number of Topliss-reactive ketones (excluding diaryl/α,β-unsaturated/α-hetero) is 1. The van der Waals surface area contributed by atoms with Crippen LogP contribution in [-0.2, 0) is 16.7 Å². The van der Waals surface area contributed by atoms with Crippen LogP contribution >= 0.6 is 11.6 Å². The van der Waals surface area contributed by atoms with Gasteiger partial charge < -0.3 is 10.5 Å². The minimum Gasteiger partial charge on any atom is -0.462 e. The van der Waals surface area contributed by atoms with Gasteiger partial charge in [-0.2, -0.15) is 5.26 Å². The van der Waals surface area contributed by atoms with E-state index in [4.69, 9.17) is 27.3 Å². The van der Waals surface area contributed by atoms with Crippen molar-refractivity contribution in [3.05, 3.63) is 63.4 Å². The van der Waals surface area contributed by atoms with E-state index >= 15 is 0 Å². The van der Waals surface area contributed by atoms with Gasteiger partial charge in [0.05, 0.1) is 5.56 Å². The molecule has 0 unspecified atom stereocenters. The lowest BCUT2D eigenvalue weighted by atomic mass is 9.83. The van der Waals surface area contributed by atoms with Crippen LogP contribution in [0.3, 0.4) is 0 Å². The molecule has 1 aromatic heterocycles. The summed E-state index contributed by atoms with van der Waals surface area (Å²) >= 11 is 6.29. The van der Waals surface area contributed by atoms with Crippen molar-refractivity contribution in [1.82, 2.24) is 4.98 Å². The summed E-state index contributed by atoms with van der Waals surface area (Å²) in [6.45, 7) is 1.69. The van der Waals surface area contributed by atoms with Crippen LogP contribution in [0, 0.1) is 24.2 Å². The predicted octanol–water partition coefficient (Wildman–Crippen LogP) is 3.53. The number of carbonyl (C=O) groups is 1. The van der Waals surface area contributed by atoms with Crippen molar-refractivity contribution in [2.75, 3.05) is 0 Å². The molecule has 1 aliphatic carbocycles. The van der Waals surface area contributed by atoms with Crippen LogP contribution in [0.1, 0.15) is 39.2 Å². The molecule has 2 aliphatic rings. The number of amidine groups is 1. The van der Waals surface area contributed by atoms with Crippen molar-refractivity contribution in [3.8, 4) is 6.07 Å². The highest BCUT2D eigenvalue weighted by molar-refractivity contribution is 6.31. The van der Waals surface area contributed by atoms with Crippen molar-refractivity contribution < 1.29 is 18.3 Å². The number of fused-ring (bicyclic) bond motifs is 1. The molecule has 1 aromatic carbocycles. The van der Waals surface area contributed by atoms with E-state index in [1.807, 2.05) is 6.07 Å². The maximum absolute atomic E-state index is 14.3. The van der Waals surface area contributed by atoms with Gasteiger partial charge in [-0.1, -0.05) is 23.7 Å². The van der Waals surface area contributed by atoms with E-state index in [1.54, 1.807) is 19.1 Å². The van der Waals surface area contributed by atoms with Crippen LogP contribution in [0.4, 0.5) is 8.78 Å². The summed E-state index contributed by atoms with van der Waals surface area (Å²) in [5.41, 5.74) is 5.54. The van der Waals surface area contributed by atoms with Gasteiger partial charge in [-0.3, -0.25) is 9.78 Å². The summed E-state index contributed by atoms with van der Waals surface area (Å²) in [6, 6.07) is 7.84. The summed E-state index contributed by atoms with van der Waals surface area (Å²) in [5, 5.41) is 9.07. The highest BCUT2D eigenvalue weighted by atomic mass is 35.5. The molecule has 154 valence electrons. The van der Waals surface area contributed by atoms with Crippen LogP contribution in [0.25, 0.3) is 0 Å². The monoisotopic (exact) mass is 430 g/mol. The second-order valence-corrected chi connectivity index (χ2v) is 7.90. The summed E-state index contributed by atoms with van der Waals surface area (Å²) in [5.74, 6) is -0.827. The normalized spacial score (nSPS) is 24.5. The van der Waals surface area contributed by atoms with Crippen molar-refractivity contribution >= 4 is 23.4 Å². The Morgan fingerprint density at radius 1 is 1.47 bits per heavy atom. The number of aliphatic imine (C=N–C) groups is 1. The number of hydrogen-bond acceptors (Lipinski definition) is 6. The van der Waals surface area contributed by atoms with Gasteiger partial charge in [0.25, 0.3) is 12.4 Å². The topological polar surface area (TPSA) is 101 Å². The van der Waals surface area contributed by atoms with E-state index in [1.165, 1.54) is 18.3 Å². The molecule has 1 aliphatic heterocycles. The summed E-state index contributed by atoms with van der Waals surface area (Å²) in [6.07, 6.45) is -1.59. The minimum atomic E-state index is -2.85. The molecular formula is C21H17ClF2N4O2. The van der Waals surface area contributed by atoms with Gasteiger partial charge in [0, 0.05) is 29.1 Å². The van der Waals surface area contributed by atoms with Gasteiger partial charge in [0.15, 0.2) is 11.3 Å². The molecule has 30 heavy (non-hydrogen) atoms. The molecule has 0 spiro atoms. The van der Waals surface area contributed by atoms with E-state index in [-0.39, 0.29) is 34.5 Å². The average molecular weight is 431 g/mol. The Morgan fingerprint density at radius 2 is 2.23 bits per heavy atom. The van der Waals surface area contributed by atoms with Crippen LogP contribution in [0.15, 0.2) is 35.5 Å². The Morgan fingerprint density at radius 3 is 2.90 bits per heavy atom. The fraction of sp³-hybridized carbons (Fsp3) is 0.333. The molecule has 6 nitrogen and oxygen atoms in total. The molecular weight excluding hydrogens is 414 g/mol. The first-order valence-corrected chi connectivity index (χ1v) is 9.63. The largest absolute Gasteiger partial charge is 0.462 e. The average Bonchev–Trinajstić information content (AvgIpc) is 3.48. The number of ketones is 1.